The number of methoxy groups -OCH3 is 1. The van der Waals surface area contributed by atoms with E-state index in [9.17, 15) is 4.79 Å². The van der Waals surface area contributed by atoms with Crippen LogP contribution < -0.4 is 5.32 Å². The summed E-state index contributed by atoms with van der Waals surface area (Å²) in [6, 6.07) is 4.04. The van der Waals surface area contributed by atoms with Gasteiger partial charge in [0.2, 0.25) is 5.91 Å². The second kappa shape index (κ2) is 7.38. The van der Waals surface area contributed by atoms with Gasteiger partial charge in [-0.2, -0.15) is 0 Å². The van der Waals surface area contributed by atoms with Gasteiger partial charge in [-0.15, -0.1) is 11.3 Å². The van der Waals surface area contributed by atoms with E-state index in [0.29, 0.717) is 26.2 Å². The molecule has 0 spiro atoms. The highest BCUT2D eigenvalue weighted by Gasteiger charge is 2.12. The molecule has 5 heteroatoms. The minimum absolute atomic E-state index is 0.105. The van der Waals surface area contributed by atoms with E-state index in [-0.39, 0.29) is 5.91 Å². The number of nitrogens with zero attached hydrogens (tertiary/aromatic N) is 1. The first kappa shape index (κ1) is 13.2. The van der Waals surface area contributed by atoms with Gasteiger partial charge in [0.05, 0.1) is 19.7 Å². The van der Waals surface area contributed by atoms with Crippen LogP contribution in [0.15, 0.2) is 17.5 Å². The molecule has 0 fully saturated rings. The molecule has 0 aliphatic carbocycles. The van der Waals surface area contributed by atoms with Crippen LogP contribution in [0.1, 0.15) is 4.88 Å². The Hall–Kier alpha value is -0.910. The van der Waals surface area contributed by atoms with Crippen molar-refractivity contribution in [2.45, 2.75) is 6.54 Å². The zero-order valence-corrected chi connectivity index (χ0v) is 10.5. The maximum absolute atomic E-state index is 11.8. The summed E-state index contributed by atoms with van der Waals surface area (Å²) < 4.78 is 5.01. The van der Waals surface area contributed by atoms with Crippen molar-refractivity contribution in [3.8, 4) is 0 Å². The van der Waals surface area contributed by atoms with Crippen molar-refractivity contribution in [2.24, 2.45) is 0 Å². The van der Waals surface area contributed by atoms with Gasteiger partial charge in [-0.3, -0.25) is 4.79 Å². The predicted octanol–water partition coefficient (Wildman–Crippen LogP) is 0.943. The molecule has 0 aliphatic rings. The highest BCUT2D eigenvalue weighted by Crippen LogP contribution is 2.11. The summed E-state index contributed by atoms with van der Waals surface area (Å²) in [7, 11) is 3.42. The third-order valence-corrected chi connectivity index (χ3v) is 3.03. The number of nitrogens with one attached hydrogen (secondary N) is 1. The Labute approximate surface area is 100 Å². The molecule has 1 N–H and O–H groups in total. The number of amides is 1. The van der Waals surface area contributed by atoms with Gasteiger partial charge < -0.3 is 15.0 Å². The fourth-order valence-corrected chi connectivity index (χ4v) is 2.07. The molecule has 0 unspecified atom stereocenters. The highest BCUT2D eigenvalue weighted by atomic mass is 32.1. The predicted molar refractivity (Wildman–Crippen MR) is 65.5 cm³/mol. The molecular formula is C11H18N2O2S. The number of hydrogen-bond donors (Lipinski definition) is 1. The van der Waals surface area contributed by atoms with Gasteiger partial charge in [0, 0.05) is 18.5 Å². The standard InChI is InChI=1S/C11H18N2O2S/c1-12-8-11(14)13(5-6-15-2)9-10-4-3-7-16-10/h3-4,7,12H,5-6,8-9H2,1-2H3. The number of likely N-dealkylation sites (N-methyl/N-ethyl adjacent to an activating group) is 1. The third kappa shape index (κ3) is 4.30. The fourth-order valence-electron chi connectivity index (χ4n) is 1.35. The van der Waals surface area contributed by atoms with Crippen molar-refractivity contribution in [2.75, 3.05) is 33.9 Å². The van der Waals surface area contributed by atoms with E-state index in [1.54, 1.807) is 25.5 Å². The van der Waals surface area contributed by atoms with Gasteiger partial charge in [0.25, 0.3) is 0 Å². The van der Waals surface area contributed by atoms with Crippen LogP contribution in [0.4, 0.5) is 0 Å². The Kier molecular flexibility index (Phi) is 6.07. The second-order valence-electron chi connectivity index (χ2n) is 3.42. The molecule has 0 aromatic carbocycles. The van der Waals surface area contributed by atoms with Gasteiger partial charge >= 0.3 is 0 Å². The maximum atomic E-state index is 11.8. The topological polar surface area (TPSA) is 41.6 Å². The van der Waals surface area contributed by atoms with Crippen molar-refractivity contribution in [3.63, 3.8) is 0 Å². The molecule has 0 radical (unpaired) electrons. The lowest BCUT2D eigenvalue weighted by atomic mass is 10.4. The Morgan fingerprint density at radius 3 is 3.00 bits per heavy atom. The summed E-state index contributed by atoms with van der Waals surface area (Å²) in [5.74, 6) is 0.105. The number of rotatable bonds is 7. The van der Waals surface area contributed by atoms with Crippen molar-refractivity contribution in [3.05, 3.63) is 22.4 Å². The zero-order chi connectivity index (χ0) is 11.8. The average molecular weight is 242 g/mol. The Balaban J connectivity index is 2.52. The highest BCUT2D eigenvalue weighted by molar-refractivity contribution is 7.09. The fraction of sp³-hybridized carbons (Fsp3) is 0.545. The average Bonchev–Trinajstić information content (AvgIpc) is 2.77. The lowest BCUT2D eigenvalue weighted by Gasteiger charge is -2.21. The molecule has 1 amide bonds. The number of carbonyl (C=O) groups is 1. The third-order valence-electron chi connectivity index (χ3n) is 2.17. The van der Waals surface area contributed by atoms with E-state index in [1.165, 1.54) is 4.88 Å². The van der Waals surface area contributed by atoms with Crippen LogP contribution >= 0.6 is 11.3 Å². The Bertz CT molecular complexity index is 301. The van der Waals surface area contributed by atoms with Gasteiger partial charge in [0.1, 0.15) is 0 Å². The van der Waals surface area contributed by atoms with Crippen molar-refractivity contribution in [1.82, 2.24) is 10.2 Å². The molecule has 0 aliphatic heterocycles. The lowest BCUT2D eigenvalue weighted by Crippen LogP contribution is -2.38. The smallest absolute Gasteiger partial charge is 0.236 e. The molecule has 16 heavy (non-hydrogen) atoms. The molecule has 1 aromatic heterocycles. The van der Waals surface area contributed by atoms with E-state index in [0.717, 1.165) is 0 Å². The maximum Gasteiger partial charge on any atom is 0.236 e. The van der Waals surface area contributed by atoms with Crippen LogP contribution in [0.2, 0.25) is 0 Å². The monoisotopic (exact) mass is 242 g/mol. The minimum Gasteiger partial charge on any atom is -0.383 e. The second-order valence-corrected chi connectivity index (χ2v) is 4.45. The first-order valence-corrected chi connectivity index (χ1v) is 6.09. The van der Waals surface area contributed by atoms with Crippen LogP contribution in [-0.4, -0.2) is 44.7 Å². The Morgan fingerprint density at radius 2 is 2.44 bits per heavy atom. The summed E-state index contributed by atoms with van der Waals surface area (Å²) in [6.07, 6.45) is 0. The summed E-state index contributed by atoms with van der Waals surface area (Å²) in [4.78, 5) is 14.8. The van der Waals surface area contributed by atoms with Crippen LogP contribution in [0.25, 0.3) is 0 Å². The molecule has 0 saturated heterocycles. The van der Waals surface area contributed by atoms with Crippen molar-refractivity contribution >= 4 is 17.2 Å². The van der Waals surface area contributed by atoms with E-state index < -0.39 is 0 Å². The van der Waals surface area contributed by atoms with E-state index >= 15 is 0 Å². The summed E-state index contributed by atoms with van der Waals surface area (Å²) in [6.45, 7) is 2.24. The molecule has 4 nitrogen and oxygen atoms in total. The normalized spacial score (nSPS) is 10.4. The van der Waals surface area contributed by atoms with Crippen LogP contribution in [0.3, 0.4) is 0 Å². The SMILES string of the molecule is CNCC(=O)N(CCOC)Cc1cccs1. The molecular weight excluding hydrogens is 224 g/mol. The first-order chi connectivity index (χ1) is 7.77. The van der Waals surface area contributed by atoms with Crippen LogP contribution in [0.5, 0.6) is 0 Å². The molecule has 1 aromatic rings. The summed E-state index contributed by atoms with van der Waals surface area (Å²) >= 11 is 1.67. The first-order valence-electron chi connectivity index (χ1n) is 5.21. The summed E-state index contributed by atoms with van der Waals surface area (Å²) in [5, 5.41) is 4.90. The lowest BCUT2D eigenvalue weighted by molar-refractivity contribution is -0.131. The van der Waals surface area contributed by atoms with E-state index in [2.05, 4.69) is 5.32 Å². The van der Waals surface area contributed by atoms with Crippen LogP contribution in [0, 0.1) is 0 Å². The van der Waals surface area contributed by atoms with Crippen molar-refractivity contribution in [1.29, 1.82) is 0 Å². The number of ether oxygens (including phenoxy) is 1. The van der Waals surface area contributed by atoms with Gasteiger partial charge in [0.15, 0.2) is 0 Å². The van der Waals surface area contributed by atoms with Crippen molar-refractivity contribution < 1.29 is 9.53 Å². The molecule has 0 saturated carbocycles. The van der Waals surface area contributed by atoms with E-state index in [4.69, 9.17) is 4.74 Å². The van der Waals surface area contributed by atoms with Gasteiger partial charge in [-0.05, 0) is 18.5 Å². The van der Waals surface area contributed by atoms with Gasteiger partial charge in [-0.1, -0.05) is 6.07 Å². The van der Waals surface area contributed by atoms with Gasteiger partial charge in [-0.25, -0.2) is 0 Å². The number of thiophene rings is 1. The largest absolute Gasteiger partial charge is 0.383 e. The minimum atomic E-state index is 0.105. The zero-order valence-electron chi connectivity index (χ0n) is 9.73. The molecule has 1 heterocycles. The van der Waals surface area contributed by atoms with E-state index in [1.807, 2.05) is 22.4 Å². The summed E-state index contributed by atoms with van der Waals surface area (Å²) in [5.41, 5.74) is 0. The van der Waals surface area contributed by atoms with Crippen LogP contribution in [-0.2, 0) is 16.1 Å². The quantitative estimate of drug-likeness (QED) is 0.774. The number of hydrogen-bond acceptors (Lipinski definition) is 4. The molecule has 90 valence electrons. The molecule has 0 atom stereocenters. The molecule has 0 bridgehead atoms. The Morgan fingerprint density at radius 1 is 1.62 bits per heavy atom. The molecule has 1 rings (SSSR count). The number of carbonyl (C=O) groups excluding carboxylic acids is 1.